The molecule has 8 heteroatoms. The van der Waals surface area contributed by atoms with Crippen molar-refractivity contribution in [2.75, 3.05) is 23.7 Å². The fourth-order valence-electron chi connectivity index (χ4n) is 3.76. The van der Waals surface area contributed by atoms with Gasteiger partial charge < -0.3 is 15.5 Å². The van der Waals surface area contributed by atoms with Gasteiger partial charge in [-0.3, -0.25) is 4.79 Å². The summed E-state index contributed by atoms with van der Waals surface area (Å²) in [7, 11) is 0. The summed E-state index contributed by atoms with van der Waals surface area (Å²) in [4.78, 5) is 27.4. The topological polar surface area (TPSA) is 79.3 Å². The van der Waals surface area contributed by atoms with Crippen molar-refractivity contribution < 1.29 is 14.0 Å². The Bertz CT molecular complexity index is 1320. The van der Waals surface area contributed by atoms with Crippen LogP contribution in [0.15, 0.2) is 91.0 Å². The number of benzene rings is 3. The molecule has 1 aromatic heterocycles. The predicted octanol–water partition coefficient (Wildman–Crippen LogP) is 5.81. The maximum Gasteiger partial charge on any atom is 0.322 e. The van der Waals surface area contributed by atoms with E-state index in [4.69, 9.17) is 5.10 Å². The predicted molar refractivity (Wildman–Crippen MR) is 139 cm³/mol. The molecule has 0 fully saturated rings. The summed E-state index contributed by atoms with van der Waals surface area (Å²) in [5.41, 5.74) is 2.46. The molecular formula is C28H28FN5O2. The van der Waals surface area contributed by atoms with E-state index in [2.05, 4.69) is 10.6 Å². The van der Waals surface area contributed by atoms with Crippen LogP contribution in [0.1, 0.15) is 13.8 Å². The highest BCUT2D eigenvalue weighted by Crippen LogP contribution is 2.25. The van der Waals surface area contributed by atoms with Crippen LogP contribution in [0.3, 0.4) is 0 Å². The summed E-state index contributed by atoms with van der Waals surface area (Å²) in [5, 5.41) is 10.2. The third kappa shape index (κ3) is 6.15. The maximum atomic E-state index is 14.1. The minimum absolute atomic E-state index is 0.0614. The number of urea groups is 1. The SMILES string of the molecule is CC(C)CN(CC(=O)Nc1cc(-c2ccccc2)nn1-c1ccccc1)C(=O)Nc1ccccc1F. The molecule has 7 nitrogen and oxygen atoms in total. The number of anilines is 2. The molecule has 0 aliphatic carbocycles. The van der Waals surface area contributed by atoms with Gasteiger partial charge in [-0.15, -0.1) is 0 Å². The first-order chi connectivity index (χ1) is 17.4. The maximum absolute atomic E-state index is 14.1. The number of hydrogen-bond donors (Lipinski definition) is 2. The molecule has 0 saturated carbocycles. The van der Waals surface area contributed by atoms with E-state index in [-0.39, 0.29) is 18.2 Å². The Morgan fingerprint density at radius 3 is 2.22 bits per heavy atom. The molecule has 3 aromatic carbocycles. The fraction of sp³-hybridized carbons (Fsp3) is 0.179. The van der Waals surface area contributed by atoms with Gasteiger partial charge in [0.15, 0.2) is 0 Å². The van der Waals surface area contributed by atoms with E-state index >= 15 is 0 Å². The molecule has 0 aliphatic rings. The van der Waals surface area contributed by atoms with Gasteiger partial charge in [-0.05, 0) is 30.2 Å². The summed E-state index contributed by atoms with van der Waals surface area (Å²) in [6.07, 6.45) is 0. The van der Waals surface area contributed by atoms with E-state index in [1.807, 2.05) is 74.5 Å². The van der Waals surface area contributed by atoms with E-state index < -0.39 is 17.8 Å². The number of halogens is 1. The second-order valence-corrected chi connectivity index (χ2v) is 8.76. The van der Waals surface area contributed by atoms with Crippen molar-refractivity contribution in [1.29, 1.82) is 0 Å². The number of rotatable bonds is 8. The van der Waals surface area contributed by atoms with Crippen LogP contribution in [-0.2, 0) is 4.79 Å². The molecule has 2 N–H and O–H groups in total. The molecule has 184 valence electrons. The molecule has 0 spiro atoms. The second-order valence-electron chi connectivity index (χ2n) is 8.76. The molecule has 3 amide bonds. The van der Waals surface area contributed by atoms with E-state index in [1.54, 1.807) is 22.9 Å². The monoisotopic (exact) mass is 485 g/mol. The van der Waals surface area contributed by atoms with Crippen molar-refractivity contribution in [3.8, 4) is 16.9 Å². The molecule has 0 radical (unpaired) electrons. The Morgan fingerprint density at radius 2 is 1.56 bits per heavy atom. The Balaban J connectivity index is 1.56. The van der Waals surface area contributed by atoms with Gasteiger partial charge in [0.25, 0.3) is 0 Å². The zero-order valence-electron chi connectivity index (χ0n) is 20.2. The third-order valence-electron chi connectivity index (χ3n) is 5.37. The lowest BCUT2D eigenvalue weighted by Crippen LogP contribution is -2.42. The summed E-state index contributed by atoms with van der Waals surface area (Å²) < 4.78 is 15.7. The zero-order chi connectivity index (χ0) is 25.5. The normalized spacial score (nSPS) is 10.8. The molecule has 0 bridgehead atoms. The number of amides is 3. The highest BCUT2D eigenvalue weighted by Gasteiger charge is 2.21. The largest absolute Gasteiger partial charge is 0.322 e. The first-order valence-electron chi connectivity index (χ1n) is 11.7. The molecule has 0 unspecified atom stereocenters. The third-order valence-corrected chi connectivity index (χ3v) is 5.37. The quantitative estimate of drug-likeness (QED) is 0.331. The second kappa shape index (κ2) is 11.3. The number of carbonyl (C=O) groups excluding carboxylic acids is 2. The smallest absolute Gasteiger partial charge is 0.315 e. The van der Waals surface area contributed by atoms with Gasteiger partial charge in [0.05, 0.1) is 17.1 Å². The number of nitrogens with one attached hydrogen (secondary N) is 2. The average Bonchev–Trinajstić information content (AvgIpc) is 3.29. The Morgan fingerprint density at radius 1 is 0.917 bits per heavy atom. The number of nitrogens with zero attached hydrogens (tertiary/aromatic N) is 3. The van der Waals surface area contributed by atoms with Crippen LogP contribution in [0.5, 0.6) is 0 Å². The van der Waals surface area contributed by atoms with Crippen molar-refractivity contribution in [3.05, 3.63) is 96.8 Å². The molecule has 4 rings (SSSR count). The summed E-state index contributed by atoms with van der Waals surface area (Å²) >= 11 is 0. The van der Waals surface area contributed by atoms with Gasteiger partial charge in [-0.1, -0.05) is 74.5 Å². The number of carbonyl (C=O) groups is 2. The average molecular weight is 486 g/mol. The number of aromatic nitrogens is 2. The van der Waals surface area contributed by atoms with Crippen LogP contribution >= 0.6 is 0 Å². The van der Waals surface area contributed by atoms with Gasteiger partial charge in [0.2, 0.25) is 5.91 Å². The van der Waals surface area contributed by atoms with Gasteiger partial charge in [-0.25, -0.2) is 13.9 Å². The van der Waals surface area contributed by atoms with Crippen molar-refractivity contribution in [2.24, 2.45) is 5.92 Å². The Kier molecular flexibility index (Phi) is 7.75. The Labute approximate surface area is 209 Å². The van der Waals surface area contributed by atoms with Gasteiger partial charge in [0.1, 0.15) is 18.2 Å². The van der Waals surface area contributed by atoms with Gasteiger partial charge >= 0.3 is 6.03 Å². The lowest BCUT2D eigenvalue weighted by Gasteiger charge is -2.24. The highest BCUT2D eigenvalue weighted by atomic mass is 19.1. The minimum Gasteiger partial charge on any atom is -0.315 e. The lowest BCUT2D eigenvalue weighted by atomic mass is 10.1. The van der Waals surface area contributed by atoms with Crippen LogP contribution in [0.4, 0.5) is 20.7 Å². The number of para-hydroxylation sites is 2. The van der Waals surface area contributed by atoms with E-state index in [0.717, 1.165) is 11.3 Å². The minimum atomic E-state index is -0.550. The first kappa shape index (κ1) is 24.7. The highest BCUT2D eigenvalue weighted by molar-refractivity contribution is 5.97. The van der Waals surface area contributed by atoms with Crippen molar-refractivity contribution in [3.63, 3.8) is 0 Å². The standard InChI is InChI=1S/C28H28FN5O2/c1-20(2)18-33(28(36)30-24-16-10-9-15-23(24)29)19-27(35)31-26-17-25(21-11-5-3-6-12-21)32-34(26)22-13-7-4-8-14-22/h3-17,20H,18-19H2,1-2H3,(H,30,36)(H,31,35). The van der Waals surface area contributed by atoms with E-state index in [1.165, 1.54) is 17.0 Å². The fourth-order valence-corrected chi connectivity index (χ4v) is 3.76. The van der Waals surface area contributed by atoms with Crippen molar-refractivity contribution in [1.82, 2.24) is 14.7 Å². The Hall–Kier alpha value is -4.46. The van der Waals surface area contributed by atoms with Gasteiger partial charge in [-0.2, -0.15) is 5.10 Å². The van der Waals surface area contributed by atoms with Crippen LogP contribution in [0, 0.1) is 11.7 Å². The van der Waals surface area contributed by atoms with Crippen molar-refractivity contribution in [2.45, 2.75) is 13.8 Å². The van der Waals surface area contributed by atoms with Gasteiger partial charge in [0, 0.05) is 18.2 Å². The molecule has 0 atom stereocenters. The molecular weight excluding hydrogens is 457 g/mol. The summed E-state index contributed by atoms with van der Waals surface area (Å²) in [6.45, 7) is 4.00. The molecule has 0 aliphatic heterocycles. The van der Waals surface area contributed by atoms with Crippen molar-refractivity contribution >= 4 is 23.4 Å². The van der Waals surface area contributed by atoms with Crippen LogP contribution in [0.25, 0.3) is 16.9 Å². The van der Waals surface area contributed by atoms with Crippen LogP contribution in [-0.4, -0.2) is 39.7 Å². The molecule has 0 saturated heterocycles. The number of hydrogen-bond acceptors (Lipinski definition) is 3. The molecule has 36 heavy (non-hydrogen) atoms. The lowest BCUT2D eigenvalue weighted by molar-refractivity contribution is -0.116. The van der Waals surface area contributed by atoms with Crippen LogP contribution in [0.2, 0.25) is 0 Å². The molecule has 4 aromatic rings. The summed E-state index contributed by atoms with van der Waals surface area (Å²) in [5.74, 6) is -0.358. The van der Waals surface area contributed by atoms with E-state index in [0.29, 0.717) is 18.1 Å². The first-order valence-corrected chi connectivity index (χ1v) is 11.7. The summed E-state index contributed by atoms with van der Waals surface area (Å²) in [6, 6.07) is 26.3. The van der Waals surface area contributed by atoms with E-state index in [9.17, 15) is 14.0 Å². The molecule has 1 heterocycles. The zero-order valence-corrected chi connectivity index (χ0v) is 20.2. The van der Waals surface area contributed by atoms with Crippen LogP contribution < -0.4 is 10.6 Å².